The predicted molar refractivity (Wildman–Crippen MR) is 81.3 cm³/mol. The second-order valence-electron chi connectivity index (χ2n) is 5.15. The summed E-state index contributed by atoms with van der Waals surface area (Å²) < 4.78 is 6.83. The van der Waals surface area contributed by atoms with Crippen LogP contribution >= 0.6 is 0 Å². The first-order valence-corrected chi connectivity index (χ1v) is 7.28. The molecule has 0 aromatic carbocycles. The molecule has 1 atom stereocenters. The highest BCUT2D eigenvalue weighted by Gasteiger charge is 2.12. The van der Waals surface area contributed by atoms with E-state index in [2.05, 4.69) is 33.6 Å². The van der Waals surface area contributed by atoms with E-state index in [-0.39, 0.29) is 0 Å². The van der Waals surface area contributed by atoms with Crippen molar-refractivity contribution in [1.82, 2.24) is 25.3 Å². The molecule has 0 aliphatic carbocycles. The Morgan fingerprint density at radius 1 is 1.33 bits per heavy atom. The molecule has 2 aromatic rings. The van der Waals surface area contributed by atoms with Crippen LogP contribution in [0, 0.1) is 0 Å². The second-order valence-corrected chi connectivity index (χ2v) is 5.15. The summed E-state index contributed by atoms with van der Waals surface area (Å²) in [5, 5.41) is 11.7. The number of aryl methyl sites for hydroxylation is 1. The maximum atomic E-state index is 5.09. The van der Waals surface area contributed by atoms with Gasteiger partial charge in [-0.2, -0.15) is 0 Å². The Hall–Kier alpha value is -1.95. The van der Waals surface area contributed by atoms with Crippen molar-refractivity contribution in [2.24, 2.45) is 7.05 Å². The first-order chi connectivity index (χ1) is 10.2. The lowest BCUT2D eigenvalue weighted by Crippen LogP contribution is -2.34. The van der Waals surface area contributed by atoms with E-state index in [1.54, 1.807) is 11.8 Å². The summed E-state index contributed by atoms with van der Waals surface area (Å²) in [5.41, 5.74) is 2.20. The average Bonchev–Trinajstić information content (AvgIpc) is 2.90. The van der Waals surface area contributed by atoms with E-state index in [4.69, 9.17) is 4.74 Å². The average molecular weight is 289 g/mol. The van der Waals surface area contributed by atoms with Gasteiger partial charge >= 0.3 is 0 Å². The molecular weight excluding hydrogens is 266 g/mol. The van der Waals surface area contributed by atoms with Crippen LogP contribution in [0.1, 0.15) is 24.6 Å². The largest absolute Gasteiger partial charge is 0.481 e. The van der Waals surface area contributed by atoms with Gasteiger partial charge in [-0.25, -0.2) is 4.98 Å². The Bertz CT molecular complexity index is 537. The highest BCUT2D eigenvalue weighted by molar-refractivity contribution is 5.19. The molecule has 0 saturated carbocycles. The van der Waals surface area contributed by atoms with Crippen molar-refractivity contribution in [1.29, 1.82) is 0 Å². The molecule has 0 amide bonds. The Kier molecular flexibility index (Phi) is 5.68. The quantitative estimate of drug-likeness (QED) is 0.795. The predicted octanol–water partition coefficient (Wildman–Crippen LogP) is 1.37. The Morgan fingerprint density at radius 3 is 2.76 bits per heavy atom. The molecule has 1 unspecified atom stereocenters. The Labute approximate surface area is 125 Å². The van der Waals surface area contributed by atoms with Gasteiger partial charge in [-0.3, -0.25) is 4.68 Å². The van der Waals surface area contributed by atoms with Crippen molar-refractivity contribution >= 4 is 0 Å². The fourth-order valence-electron chi connectivity index (χ4n) is 2.24. The summed E-state index contributed by atoms with van der Waals surface area (Å²) in [5.74, 6) is 0.644. The number of nitrogens with one attached hydrogen (secondary N) is 1. The van der Waals surface area contributed by atoms with E-state index < -0.39 is 0 Å². The van der Waals surface area contributed by atoms with Crippen LogP contribution in [0.15, 0.2) is 24.5 Å². The molecule has 21 heavy (non-hydrogen) atoms. The highest BCUT2D eigenvalue weighted by atomic mass is 16.5. The van der Waals surface area contributed by atoms with Gasteiger partial charge in [-0.05, 0) is 24.9 Å². The lowest BCUT2D eigenvalue weighted by Gasteiger charge is -2.17. The third-order valence-electron chi connectivity index (χ3n) is 3.28. The zero-order chi connectivity index (χ0) is 15.1. The van der Waals surface area contributed by atoms with Gasteiger partial charge < -0.3 is 10.1 Å². The van der Waals surface area contributed by atoms with Crippen LogP contribution in [0.2, 0.25) is 0 Å². The molecule has 2 aromatic heterocycles. The lowest BCUT2D eigenvalue weighted by atomic mass is 10.0. The molecular formula is C15H23N5O. The van der Waals surface area contributed by atoms with Crippen molar-refractivity contribution in [3.63, 3.8) is 0 Å². The fraction of sp³-hybridized carbons (Fsp3) is 0.533. The van der Waals surface area contributed by atoms with Gasteiger partial charge in [0.1, 0.15) is 0 Å². The number of methoxy groups -OCH3 is 1. The smallest absolute Gasteiger partial charge is 0.212 e. The highest BCUT2D eigenvalue weighted by Crippen LogP contribution is 2.11. The molecule has 1 N–H and O–H groups in total. The maximum absolute atomic E-state index is 5.09. The number of hydrogen-bond acceptors (Lipinski definition) is 5. The summed E-state index contributed by atoms with van der Waals surface area (Å²) >= 11 is 0. The Balaban J connectivity index is 2.00. The van der Waals surface area contributed by atoms with E-state index in [1.807, 2.05) is 25.5 Å². The first-order valence-electron chi connectivity index (χ1n) is 7.28. The third kappa shape index (κ3) is 4.82. The zero-order valence-corrected chi connectivity index (χ0v) is 12.9. The normalized spacial score (nSPS) is 12.3. The monoisotopic (exact) mass is 289 g/mol. The van der Waals surface area contributed by atoms with Crippen molar-refractivity contribution in [2.45, 2.75) is 32.2 Å². The lowest BCUT2D eigenvalue weighted by molar-refractivity contribution is 0.397. The van der Waals surface area contributed by atoms with Crippen molar-refractivity contribution in [3.8, 4) is 5.88 Å². The molecule has 0 saturated heterocycles. The van der Waals surface area contributed by atoms with Gasteiger partial charge in [-0.15, -0.1) is 5.10 Å². The summed E-state index contributed by atoms with van der Waals surface area (Å²) in [4.78, 5) is 4.26. The zero-order valence-electron chi connectivity index (χ0n) is 12.9. The number of ether oxygens (including phenoxy) is 1. The van der Waals surface area contributed by atoms with E-state index in [0.29, 0.717) is 11.9 Å². The van der Waals surface area contributed by atoms with Crippen LogP contribution in [0.3, 0.4) is 0 Å². The molecule has 0 fully saturated rings. The molecule has 6 nitrogen and oxygen atoms in total. The minimum absolute atomic E-state index is 0.330. The van der Waals surface area contributed by atoms with Crippen LogP contribution in [0.25, 0.3) is 0 Å². The summed E-state index contributed by atoms with van der Waals surface area (Å²) in [6.45, 7) is 3.16. The van der Waals surface area contributed by atoms with Gasteiger partial charge in [0.25, 0.3) is 0 Å². The van der Waals surface area contributed by atoms with Crippen LogP contribution in [-0.4, -0.2) is 39.7 Å². The fourth-order valence-corrected chi connectivity index (χ4v) is 2.24. The van der Waals surface area contributed by atoms with Gasteiger partial charge in [0, 0.05) is 38.0 Å². The van der Waals surface area contributed by atoms with E-state index >= 15 is 0 Å². The van der Waals surface area contributed by atoms with Gasteiger partial charge in [0.2, 0.25) is 5.88 Å². The molecule has 0 aliphatic heterocycles. The molecule has 2 heterocycles. The van der Waals surface area contributed by atoms with Crippen LogP contribution in [-0.2, 0) is 19.9 Å². The summed E-state index contributed by atoms with van der Waals surface area (Å²) in [6.07, 6.45) is 6.72. The van der Waals surface area contributed by atoms with Gasteiger partial charge in [-0.1, -0.05) is 18.2 Å². The van der Waals surface area contributed by atoms with E-state index in [1.165, 1.54) is 5.56 Å². The SMILES string of the molecule is CCCNC(Cc1ccc(OC)nc1)Cc1cn(C)nn1. The second kappa shape index (κ2) is 7.73. The number of aromatic nitrogens is 4. The molecule has 2 rings (SSSR count). The van der Waals surface area contributed by atoms with E-state index in [0.717, 1.165) is 31.5 Å². The minimum Gasteiger partial charge on any atom is -0.481 e. The first kappa shape index (κ1) is 15.4. The molecule has 6 heteroatoms. The molecule has 0 aliphatic rings. The molecule has 0 spiro atoms. The molecule has 114 valence electrons. The standard InChI is InChI=1S/C15H23N5O/c1-4-7-16-13(9-14-11-20(2)19-18-14)8-12-5-6-15(21-3)17-10-12/h5-6,10-11,13,16H,4,7-9H2,1-3H3. The topological polar surface area (TPSA) is 64.9 Å². The van der Waals surface area contributed by atoms with Crippen molar-refractivity contribution < 1.29 is 4.74 Å². The van der Waals surface area contributed by atoms with Crippen LogP contribution in [0.4, 0.5) is 0 Å². The summed E-state index contributed by atoms with van der Waals surface area (Å²) in [6, 6.07) is 4.29. The number of hydrogen-bond donors (Lipinski definition) is 1. The minimum atomic E-state index is 0.330. The maximum Gasteiger partial charge on any atom is 0.212 e. The molecule has 0 bridgehead atoms. The number of pyridine rings is 1. The number of nitrogens with zero attached hydrogens (tertiary/aromatic N) is 4. The van der Waals surface area contributed by atoms with Crippen molar-refractivity contribution in [2.75, 3.05) is 13.7 Å². The molecule has 0 radical (unpaired) electrons. The number of rotatable bonds is 8. The summed E-state index contributed by atoms with van der Waals surface area (Å²) in [7, 11) is 3.51. The van der Waals surface area contributed by atoms with Gasteiger partial charge in [0.15, 0.2) is 0 Å². The van der Waals surface area contributed by atoms with Crippen LogP contribution in [0.5, 0.6) is 5.88 Å². The Morgan fingerprint density at radius 2 is 2.19 bits per heavy atom. The van der Waals surface area contributed by atoms with Crippen LogP contribution < -0.4 is 10.1 Å². The van der Waals surface area contributed by atoms with Crippen molar-refractivity contribution in [3.05, 3.63) is 35.8 Å². The van der Waals surface area contributed by atoms with E-state index in [9.17, 15) is 0 Å². The van der Waals surface area contributed by atoms with Gasteiger partial charge in [0.05, 0.1) is 12.8 Å². The third-order valence-corrected chi connectivity index (χ3v) is 3.28.